The molecule has 0 amide bonds. The van der Waals surface area contributed by atoms with Crippen molar-refractivity contribution in [2.45, 2.75) is 13.0 Å². The number of nitrogens with one attached hydrogen (secondary N) is 1. The van der Waals surface area contributed by atoms with Crippen LogP contribution in [0, 0.1) is 5.82 Å². The Hall–Kier alpha value is -1.30. The average Bonchev–Trinajstić information content (AvgIpc) is 2.84. The first-order chi connectivity index (χ1) is 9.61. The molecule has 0 unspecified atom stereocenters. The van der Waals surface area contributed by atoms with Gasteiger partial charge in [0.25, 0.3) is 0 Å². The number of imidazole rings is 1. The van der Waals surface area contributed by atoms with E-state index in [9.17, 15) is 4.39 Å². The fraction of sp³-hybridized carbons (Fsp3) is 0.308. The van der Waals surface area contributed by atoms with E-state index in [0.717, 1.165) is 13.0 Å². The second-order valence-corrected chi connectivity index (χ2v) is 4.98. The Balaban J connectivity index is 2.12. The van der Waals surface area contributed by atoms with Crippen molar-refractivity contribution in [1.29, 1.82) is 0 Å². The monoisotopic (exact) mass is 317 g/mol. The lowest BCUT2D eigenvalue weighted by Crippen LogP contribution is -2.05. The Morgan fingerprint density at radius 3 is 2.70 bits per heavy atom. The quantitative estimate of drug-likeness (QED) is 0.643. The van der Waals surface area contributed by atoms with Crippen molar-refractivity contribution >= 4 is 34.8 Å². The highest BCUT2D eigenvalue weighted by molar-refractivity contribution is 6.35. The summed E-state index contributed by atoms with van der Waals surface area (Å²) in [5.74, 6) is 0.0159. The number of methoxy groups -OCH3 is 1. The van der Waals surface area contributed by atoms with Crippen molar-refractivity contribution < 1.29 is 9.13 Å². The number of rotatable bonds is 6. The van der Waals surface area contributed by atoms with Crippen LogP contribution in [0.1, 0.15) is 6.42 Å². The summed E-state index contributed by atoms with van der Waals surface area (Å²) in [6, 6.07) is 2.94. The van der Waals surface area contributed by atoms with E-state index in [-0.39, 0.29) is 10.0 Å². The second-order valence-electron chi connectivity index (χ2n) is 4.17. The minimum Gasteiger partial charge on any atom is -0.385 e. The van der Waals surface area contributed by atoms with Crippen LogP contribution in [0.25, 0.3) is 0 Å². The summed E-state index contributed by atoms with van der Waals surface area (Å²) in [4.78, 5) is 4.20. The van der Waals surface area contributed by atoms with E-state index in [1.165, 1.54) is 12.1 Å². The molecule has 0 radical (unpaired) electrons. The first-order valence-electron chi connectivity index (χ1n) is 6.03. The number of hydrogen-bond donors (Lipinski definition) is 1. The van der Waals surface area contributed by atoms with Gasteiger partial charge in [0.1, 0.15) is 0 Å². The van der Waals surface area contributed by atoms with Crippen LogP contribution >= 0.6 is 23.2 Å². The molecule has 0 saturated carbocycles. The van der Waals surface area contributed by atoms with E-state index < -0.39 is 5.82 Å². The third-order valence-electron chi connectivity index (χ3n) is 2.70. The van der Waals surface area contributed by atoms with Crippen molar-refractivity contribution in [2.75, 3.05) is 19.0 Å². The zero-order valence-corrected chi connectivity index (χ0v) is 12.4. The number of hydrogen-bond acceptors (Lipinski definition) is 3. The van der Waals surface area contributed by atoms with Crippen LogP contribution in [-0.4, -0.2) is 23.3 Å². The van der Waals surface area contributed by atoms with E-state index in [0.29, 0.717) is 18.2 Å². The fourth-order valence-electron chi connectivity index (χ4n) is 1.75. The Bertz CT molecular complexity index is 566. The first kappa shape index (κ1) is 15.1. The van der Waals surface area contributed by atoms with E-state index in [1.807, 2.05) is 10.8 Å². The summed E-state index contributed by atoms with van der Waals surface area (Å²) >= 11 is 11.5. The van der Waals surface area contributed by atoms with E-state index in [1.54, 1.807) is 13.3 Å². The third kappa shape index (κ3) is 3.62. The lowest BCUT2D eigenvalue weighted by molar-refractivity contribution is 0.190. The normalized spacial score (nSPS) is 10.8. The van der Waals surface area contributed by atoms with Gasteiger partial charge in [0.2, 0.25) is 5.95 Å². The third-order valence-corrected chi connectivity index (χ3v) is 3.25. The van der Waals surface area contributed by atoms with Crippen LogP contribution in [-0.2, 0) is 11.3 Å². The molecule has 0 fully saturated rings. The van der Waals surface area contributed by atoms with E-state index in [4.69, 9.17) is 27.9 Å². The molecular weight excluding hydrogens is 304 g/mol. The SMILES string of the molecule is COCCCn1ccnc1Nc1cc(Cl)c(F)c(Cl)c1. The Morgan fingerprint density at radius 2 is 2.05 bits per heavy atom. The van der Waals surface area contributed by atoms with Crippen molar-refractivity contribution in [3.63, 3.8) is 0 Å². The Morgan fingerprint density at radius 1 is 1.35 bits per heavy atom. The number of anilines is 2. The summed E-state index contributed by atoms with van der Waals surface area (Å²) in [5.41, 5.74) is 0.584. The molecule has 108 valence electrons. The van der Waals surface area contributed by atoms with Gasteiger partial charge >= 0.3 is 0 Å². The van der Waals surface area contributed by atoms with Gasteiger partial charge in [0.15, 0.2) is 5.82 Å². The number of aryl methyl sites for hydroxylation is 1. The van der Waals surface area contributed by atoms with Crippen molar-refractivity contribution in [3.05, 3.63) is 40.4 Å². The van der Waals surface area contributed by atoms with Crippen molar-refractivity contribution in [3.8, 4) is 0 Å². The maximum absolute atomic E-state index is 13.3. The van der Waals surface area contributed by atoms with Gasteiger partial charge in [-0.25, -0.2) is 9.37 Å². The highest BCUT2D eigenvalue weighted by atomic mass is 35.5. The van der Waals surface area contributed by atoms with Crippen LogP contribution in [0.5, 0.6) is 0 Å². The number of ether oxygens (including phenoxy) is 1. The minimum absolute atomic E-state index is 0.0301. The second kappa shape index (κ2) is 6.92. The van der Waals surface area contributed by atoms with Gasteiger partial charge in [0.05, 0.1) is 10.0 Å². The molecule has 0 atom stereocenters. The summed E-state index contributed by atoms with van der Waals surface area (Å²) in [7, 11) is 1.66. The zero-order valence-electron chi connectivity index (χ0n) is 10.9. The standard InChI is InChI=1S/C13H14Cl2FN3O/c1-20-6-2-4-19-5-3-17-13(19)18-9-7-10(14)12(16)11(15)8-9/h3,5,7-8H,2,4,6H2,1H3,(H,17,18). The Labute approximate surface area is 126 Å². The molecule has 2 aromatic rings. The van der Waals surface area contributed by atoms with Gasteiger partial charge in [-0.3, -0.25) is 0 Å². The molecule has 0 spiro atoms. The lowest BCUT2D eigenvalue weighted by Gasteiger charge is -2.10. The highest BCUT2D eigenvalue weighted by Crippen LogP contribution is 2.28. The summed E-state index contributed by atoms with van der Waals surface area (Å²) in [6.45, 7) is 1.44. The van der Waals surface area contributed by atoms with Crippen LogP contribution in [0.2, 0.25) is 10.0 Å². The molecule has 20 heavy (non-hydrogen) atoms. The molecular formula is C13H14Cl2FN3O. The van der Waals surface area contributed by atoms with Gasteiger partial charge in [0, 0.05) is 38.3 Å². The molecule has 0 bridgehead atoms. The van der Waals surface area contributed by atoms with E-state index in [2.05, 4.69) is 10.3 Å². The molecule has 1 aromatic heterocycles. The highest BCUT2D eigenvalue weighted by Gasteiger charge is 2.09. The molecule has 0 aliphatic carbocycles. The van der Waals surface area contributed by atoms with Crippen LogP contribution in [0.3, 0.4) is 0 Å². The predicted octanol–water partition coefficient (Wildman–Crippen LogP) is 4.11. The number of halogens is 3. The van der Waals surface area contributed by atoms with Crippen molar-refractivity contribution in [2.24, 2.45) is 0 Å². The maximum atomic E-state index is 13.3. The summed E-state index contributed by atoms with van der Waals surface area (Å²) in [5, 5.41) is 3.00. The maximum Gasteiger partial charge on any atom is 0.207 e. The van der Waals surface area contributed by atoms with Crippen LogP contribution in [0.4, 0.5) is 16.0 Å². The van der Waals surface area contributed by atoms with Crippen LogP contribution < -0.4 is 5.32 Å². The topological polar surface area (TPSA) is 39.1 Å². The van der Waals surface area contributed by atoms with Gasteiger partial charge in [-0.1, -0.05) is 23.2 Å². The van der Waals surface area contributed by atoms with Gasteiger partial charge in [-0.15, -0.1) is 0 Å². The zero-order chi connectivity index (χ0) is 14.5. The smallest absolute Gasteiger partial charge is 0.207 e. The number of nitrogens with zero attached hydrogens (tertiary/aromatic N) is 2. The molecule has 0 saturated heterocycles. The molecule has 4 nitrogen and oxygen atoms in total. The van der Waals surface area contributed by atoms with Crippen molar-refractivity contribution in [1.82, 2.24) is 9.55 Å². The number of aromatic nitrogens is 2. The molecule has 2 rings (SSSR count). The molecule has 0 aliphatic heterocycles. The van der Waals surface area contributed by atoms with Gasteiger partial charge in [-0.05, 0) is 18.6 Å². The molecule has 0 aliphatic rings. The summed E-state index contributed by atoms with van der Waals surface area (Å²) < 4.78 is 20.3. The van der Waals surface area contributed by atoms with Gasteiger partial charge < -0.3 is 14.6 Å². The summed E-state index contributed by atoms with van der Waals surface area (Å²) in [6.07, 6.45) is 4.40. The molecule has 7 heteroatoms. The van der Waals surface area contributed by atoms with Crippen LogP contribution in [0.15, 0.2) is 24.5 Å². The molecule has 1 heterocycles. The minimum atomic E-state index is -0.623. The van der Waals surface area contributed by atoms with E-state index >= 15 is 0 Å². The molecule has 1 N–H and O–H groups in total. The first-order valence-corrected chi connectivity index (χ1v) is 6.79. The molecule has 1 aromatic carbocycles. The number of benzene rings is 1. The fourth-order valence-corrected chi connectivity index (χ4v) is 2.24. The Kier molecular flexibility index (Phi) is 5.23. The largest absolute Gasteiger partial charge is 0.385 e. The lowest BCUT2D eigenvalue weighted by atomic mass is 10.3. The predicted molar refractivity (Wildman–Crippen MR) is 78.4 cm³/mol. The van der Waals surface area contributed by atoms with Gasteiger partial charge in [-0.2, -0.15) is 0 Å². The average molecular weight is 318 g/mol.